The highest BCUT2D eigenvalue weighted by Gasteiger charge is 2.37. The molecule has 0 bridgehead atoms. The van der Waals surface area contributed by atoms with E-state index in [2.05, 4.69) is 9.97 Å². The first kappa shape index (κ1) is 26.5. The number of hydrogen-bond acceptors (Lipinski definition) is 4. The van der Waals surface area contributed by atoms with Gasteiger partial charge in [0, 0.05) is 25.4 Å². The van der Waals surface area contributed by atoms with Crippen LogP contribution < -0.4 is 0 Å². The van der Waals surface area contributed by atoms with Crippen molar-refractivity contribution in [1.82, 2.24) is 14.9 Å². The average Bonchev–Trinajstić information content (AvgIpc) is 2.77. The van der Waals surface area contributed by atoms with Gasteiger partial charge in [0.1, 0.15) is 5.82 Å². The van der Waals surface area contributed by atoms with Gasteiger partial charge in [-0.3, -0.25) is 4.79 Å². The van der Waals surface area contributed by atoms with E-state index in [1.807, 2.05) is 0 Å². The third kappa shape index (κ3) is 6.11. The zero-order chi connectivity index (χ0) is 26.1. The Kier molecular flexibility index (Phi) is 7.44. The number of benzene rings is 2. The summed E-state index contributed by atoms with van der Waals surface area (Å²) >= 11 is 1.19. The van der Waals surface area contributed by atoms with Crippen LogP contribution in [0.25, 0.3) is 11.3 Å². The Morgan fingerprint density at radius 3 is 2.11 bits per heavy atom. The van der Waals surface area contributed by atoms with Crippen molar-refractivity contribution in [3.8, 4) is 11.3 Å². The van der Waals surface area contributed by atoms with E-state index < -0.39 is 41.7 Å². The van der Waals surface area contributed by atoms with E-state index in [4.69, 9.17) is 0 Å². The molecule has 0 aliphatic carbocycles. The maximum absolute atomic E-state index is 13.6. The van der Waals surface area contributed by atoms with Crippen LogP contribution in [0.3, 0.4) is 0 Å². The topological polar surface area (TPSA) is 46.1 Å². The lowest BCUT2D eigenvalue weighted by atomic mass is 10.0. The van der Waals surface area contributed by atoms with Gasteiger partial charge in [-0.2, -0.15) is 26.3 Å². The highest BCUT2D eigenvalue weighted by Crippen LogP contribution is 2.37. The molecule has 0 atom stereocenters. The molecule has 0 fully saturated rings. The standard InChI is InChI=1S/C23H18F7N3OS/c1-12-6-16(24)4-5-17(12)19-18(10-31-21(32-19)35-3)20(34)33(2)11-13-7-14(22(25,26)27)9-15(8-13)23(28,29)30/h4-10H,11H2,1-3H3. The summed E-state index contributed by atoms with van der Waals surface area (Å²) in [5.41, 5.74) is -2.28. The molecule has 3 aromatic rings. The van der Waals surface area contributed by atoms with Crippen molar-refractivity contribution in [3.05, 3.63) is 76.2 Å². The van der Waals surface area contributed by atoms with Gasteiger partial charge >= 0.3 is 12.4 Å². The first-order valence-corrected chi connectivity index (χ1v) is 11.1. The zero-order valence-electron chi connectivity index (χ0n) is 18.6. The van der Waals surface area contributed by atoms with Crippen molar-refractivity contribution in [1.29, 1.82) is 0 Å². The Hall–Kier alpha value is -3.15. The van der Waals surface area contributed by atoms with Crippen molar-refractivity contribution in [2.24, 2.45) is 0 Å². The number of nitrogens with zero attached hydrogens (tertiary/aromatic N) is 3. The molecule has 12 heteroatoms. The third-order valence-corrected chi connectivity index (χ3v) is 5.60. The van der Waals surface area contributed by atoms with Crippen LogP contribution in [0.15, 0.2) is 47.8 Å². The molecule has 0 spiro atoms. The van der Waals surface area contributed by atoms with Crippen LogP contribution in [-0.4, -0.2) is 34.1 Å². The van der Waals surface area contributed by atoms with Gasteiger partial charge in [0.15, 0.2) is 5.16 Å². The zero-order valence-corrected chi connectivity index (χ0v) is 19.4. The van der Waals surface area contributed by atoms with Crippen LogP contribution in [0.4, 0.5) is 30.7 Å². The van der Waals surface area contributed by atoms with Crippen LogP contribution in [0.2, 0.25) is 0 Å². The van der Waals surface area contributed by atoms with Crippen molar-refractivity contribution in [2.75, 3.05) is 13.3 Å². The fraction of sp³-hybridized carbons (Fsp3) is 0.261. The number of aromatic nitrogens is 2. The number of amides is 1. The van der Waals surface area contributed by atoms with Crippen LogP contribution in [0, 0.1) is 12.7 Å². The van der Waals surface area contributed by atoms with Gasteiger partial charge in [0.2, 0.25) is 0 Å². The maximum atomic E-state index is 13.6. The van der Waals surface area contributed by atoms with E-state index in [9.17, 15) is 35.5 Å². The largest absolute Gasteiger partial charge is 0.416 e. The summed E-state index contributed by atoms with van der Waals surface area (Å²) in [5, 5.41) is 0.315. The Balaban J connectivity index is 2.02. The minimum Gasteiger partial charge on any atom is -0.337 e. The lowest BCUT2D eigenvalue weighted by Crippen LogP contribution is -2.27. The molecule has 2 aromatic carbocycles. The molecule has 0 aliphatic heterocycles. The summed E-state index contributed by atoms with van der Waals surface area (Å²) in [6, 6.07) is 5.01. The molecule has 186 valence electrons. The van der Waals surface area contributed by atoms with E-state index in [1.165, 1.54) is 43.2 Å². The highest BCUT2D eigenvalue weighted by atomic mass is 32.2. The summed E-state index contributed by atoms with van der Waals surface area (Å²) in [6.45, 7) is 1.07. The second-order valence-electron chi connectivity index (χ2n) is 7.65. The predicted octanol–water partition coefficient (Wildman–Crippen LogP) is 6.62. The molecule has 0 radical (unpaired) electrons. The molecule has 3 rings (SSSR count). The van der Waals surface area contributed by atoms with Crippen molar-refractivity contribution in [3.63, 3.8) is 0 Å². The number of thioether (sulfide) groups is 1. The third-order valence-electron chi connectivity index (χ3n) is 5.04. The predicted molar refractivity (Wildman–Crippen MR) is 116 cm³/mol. The van der Waals surface area contributed by atoms with Crippen molar-refractivity contribution >= 4 is 17.7 Å². The summed E-state index contributed by atoms with van der Waals surface area (Å²) in [4.78, 5) is 22.6. The van der Waals surface area contributed by atoms with E-state index in [0.717, 1.165) is 4.90 Å². The maximum Gasteiger partial charge on any atom is 0.416 e. The monoisotopic (exact) mass is 517 g/mol. The fourth-order valence-electron chi connectivity index (χ4n) is 3.38. The Bertz CT molecular complexity index is 1230. The van der Waals surface area contributed by atoms with Gasteiger partial charge in [0.05, 0.1) is 22.4 Å². The quantitative estimate of drug-likeness (QED) is 0.217. The Labute approximate surface area is 200 Å². The summed E-state index contributed by atoms with van der Waals surface area (Å²) in [5.74, 6) is -1.23. The summed E-state index contributed by atoms with van der Waals surface area (Å²) in [7, 11) is 1.24. The van der Waals surface area contributed by atoms with Crippen molar-refractivity contribution < 1.29 is 35.5 Å². The van der Waals surface area contributed by atoms with Crippen LogP contribution >= 0.6 is 11.8 Å². The molecular formula is C23H18F7N3OS. The number of hydrogen-bond donors (Lipinski definition) is 0. The average molecular weight is 517 g/mol. The highest BCUT2D eigenvalue weighted by molar-refractivity contribution is 7.98. The van der Waals surface area contributed by atoms with E-state index in [1.54, 1.807) is 13.2 Å². The van der Waals surface area contributed by atoms with Crippen LogP contribution in [0.1, 0.15) is 32.6 Å². The van der Waals surface area contributed by atoms with E-state index in [0.29, 0.717) is 28.4 Å². The van der Waals surface area contributed by atoms with Gasteiger partial charge in [-0.05, 0) is 60.7 Å². The van der Waals surface area contributed by atoms with Gasteiger partial charge < -0.3 is 4.90 Å². The normalized spacial score (nSPS) is 12.1. The molecular weight excluding hydrogens is 499 g/mol. The molecule has 0 unspecified atom stereocenters. The van der Waals surface area contributed by atoms with E-state index >= 15 is 0 Å². The number of carbonyl (C=O) groups is 1. The number of alkyl halides is 6. The van der Waals surface area contributed by atoms with Gasteiger partial charge in [-0.1, -0.05) is 11.8 Å². The summed E-state index contributed by atoms with van der Waals surface area (Å²) < 4.78 is 92.7. The molecule has 0 aliphatic rings. The molecule has 0 saturated carbocycles. The smallest absolute Gasteiger partial charge is 0.337 e. The van der Waals surface area contributed by atoms with Crippen LogP contribution in [0.5, 0.6) is 0 Å². The number of rotatable bonds is 5. The molecule has 0 N–H and O–H groups in total. The summed E-state index contributed by atoms with van der Waals surface area (Å²) in [6.07, 6.45) is -7.08. The Morgan fingerprint density at radius 2 is 1.60 bits per heavy atom. The molecule has 1 heterocycles. The van der Waals surface area contributed by atoms with Crippen LogP contribution in [-0.2, 0) is 18.9 Å². The molecule has 4 nitrogen and oxygen atoms in total. The lowest BCUT2D eigenvalue weighted by Gasteiger charge is -2.21. The molecule has 1 amide bonds. The Morgan fingerprint density at radius 1 is 1.00 bits per heavy atom. The molecule has 0 saturated heterocycles. The van der Waals surface area contributed by atoms with Gasteiger partial charge in [-0.15, -0.1) is 0 Å². The number of carbonyl (C=O) groups excluding carboxylic acids is 1. The second kappa shape index (κ2) is 9.84. The minimum absolute atomic E-state index is 0.0235. The first-order chi connectivity index (χ1) is 16.2. The SMILES string of the molecule is CSc1ncc(C(=O)N(C)Cc2cc(C(F)(F)F)cc(C(F)(F)F)c2)c(-c2ccc(F)cc2C)n1. The lowest BCUT2D eigenvalue weighted by molar-refractivity contribution is -0.143. The second-order valence-corrected chi connectivity index (χ2v) is 8.43. The fourth-order valence-corrected chi connectivity index (χ4v) is 3.72. The molecule has 35 heavy (non-hydrogen) atoms. The number of aryl methyl sites for hydroxylation is 1. The minimum atomic E-state index is -5.01. The number of halogens is 7. The molecule has 1 aromatic heterocycles. The van der Waals surface area contributed by atoms with Gasteiger partial charge in [-0.25, -0.2) is 14.4 Å². The van der Waals surface area contributed by atoms with Crippen molar-refractivity contribution in [2.45, 2.75) is 31.0 Å². The first-order valence-electron chi connectivity index (χ1n) is 9.92. The van der Waals surface area contributed by atoms with E-state index in [-0.39, 0.29) is 22.9 Å². The van der Waals surface area contributed by atoms with Gasteiger partial charge in [0.25, 0.3) is 5.91 Å².